The molecule has 4 rings (SSSR count). The number of aromatic nitrogens is 3. The zero-order valence-electron chi connectivity index (χ0n) is 14.4. The minimum absolute atomic E-state index is 0.274. The molecule has 0 atom stereocenters. The molecule has 134 valence electrons. The number of hydrogen-bond donors (Lipinski definition) is 1. The van der Waals surface area contributed by atoms with Gasteiger partial charge in [0.15, 0.2) is 0 Å². The van der Waals surface area contributed by atoms with Crippen LogP contribution in [-0.2, 0) is 4.79 Å². The van der Waals surface area contributed by atoms with Gasteiger partial charge in [-0.15, -0.1) is 16.4 Å². The van der Waals surface area contributed by atoms with Crippen LogP contribution in [0.2, 0.25) is 5.02 Å². The van der Waals surface area contributed by atoms with Crippen LogP contribution in [0.15, 0.2) is 60.0 Å². The van der Waals surface area contributed by atoms with Crippen molar-refractivity contribution in [1.29, 1.82) is 0 Å². The summed E-state index contributed by atoms with van der Waals surface area (Å²) in [7, 11) is 0. The maximum absolute atomic E-state index is 12.1. The second kappa shape index (κ2) is 7.34. The minimum Gasteiger partial charge on any atom is -0.290 e. The first-order chi connectivity index (χ1) is 13.1. The molecule has 27 heavy (non-hydrogen) atoms. The van der Waals surface area contributed by atoms with E-state index in [1.807, 2.05) is 60.8 Å². The molecule has 0 fully saturated rings. The van der Waals surface area contributed by atoms with Crippen LogP contribution < -0.4 is 5.32 Å². The Balaban J connectivity index is 1.52. The number of thiazole rings is 1. The third kappa shape index (κ3) is 3.92. The van der Waals surface area contributed by atoms with Crippen LogP contribution in [0.25, 0.3) is 22.3 Å². The standard InChI is InChI=1S/C20H15ClN4OS/c1-13-2-4-14(5-3-13)6-11-18(26)22-19-23-20-25(24-19)17(12-27-20)15-7-9-16(21)10-8-15/h2-12H,1H3,(H,22,24,26)/b11-6+. The van der Waals surface area contributed by atoms with Crippen LogP contribution in [0.1, 0.15) is 11.1 Å². The summed E-state index contributed by atoms with van der Waals surface area (Å²) in [5.41, 5.74) is 4.01. The van der Waals surface area contributed by atoms with Crippen molar-refractivity contribution in [2.24, 2.45) is 0 Å². The Kier molecular flexibility index (Phi) is 4.75. The van der Waals surface area contributed by atoms with Crippen molar-refractivity contribution in [3.05, 3.63) is 76.1 Å². The fourth-order valence-electron chi connectivity index (χ4n) is 2.55. The van der Waals surface area contributed by atoms with Gasteiger partial charge in [-0.2, -0.15) is 4.98 Å². The lowest BCUT2D eigenvalue weighted by Gasteiger charge is -1.99. The van der Waals surface area contributed by atoms with Crippen LogP contribution in [0.4, 0.5) is 5.95 Å². The van der Waals surface area contributed by atoms with Crippen LogP contribution in [0.5, 0.6) is 0 Å². The Morgan fingerprint density at radius 3 is 2.63 bits per heavy atom. The maximum atomic E-state index is 12.1. The van der Waals surface area contributed by atoms with Gasteiger partial charge >= 0.3 is 0 Å². The Bertz CT molecular complexity index is 1130. The molecule has 1 amide bonds. The second-order valence-electron chi connectivity index (χ2n) is 5.99. The average Bonchev–Trinajstić information content (AvgIpc) is 3.22. The molecule has 4 aromatic rings. The maximum Gasteiger partial charge on any atom is 0.250 e. The smallest absolute Gasteiger partial charge is 0.250 e. The zero-order valence-corrected chi connectivity index (χ0v) is 16.0. The highest BCUT2D eigenvalue weighted by atomic mass is 35.5. The molecule has 0 radical (unpaired) electrons. The third-order valence-electron chi connectivity index (χ3n) is 3.96. The third-order valence-corrected chi connectivity index (χ3v) is 5.03. The van der Waals surface area contributed by atoms with Gasteiger partial charge in [0.2, 0.25) is 4.96 Å². The number of rotatable bonds is 4. The molecule has 0 saturated heterocycles. The van der Waals surface area contributed by atoms with E-state index < -0.39 is 0 Å². The second-order valence-corrected chi connectivity index (χ2v) is 7.26. The van der Waals surface area contributed by atoms with Gasteiger partial charge in [0.05, 0.1) is 5.69 Å². The summed E-state index contributed by atoms with van der Waals surface area (Å²) in [5.74, 6) is -0.00232. The molecule has 7 heteroatoms. The molecular formula is C20H15ClN4OS. The quantitative estimate of drug-likeness (QED) is 0.491. The topological polar surface area (TPSA) is 59.3 Å². The fraction of sp³-hybridized carbons (Fsp3) is 0.0500. The Labute approximate surface area is 164 Å². The molecule has 0 unspecified atom stereocenters. The van der Waals surface area contributed by atoms with Gasteiger partial charge in [-0.3, -0.25) is 10.1 Å². The number of hydrogen-bond acceptors (Lipinski definition) is 4. The molecule has 0 spiro atoms. The Morgan fingerprint density at radius 1 is 1.15 bits per heavy atom. The molecule has 2 aromatic carbocycles. The molecular weight excluding hydrogens is 380 g/mol. The van der Waals surface area contributed by atoms with Gasteiger partial charge in [-0.1, -0.05) is 53.6 Å². The molecule has 0 aliphatic rings. The summed E-state index contributed by atoms with van der Waals surface area (Å²) < 4.78 is 1.72. The molecule has 2 aromatic heterocycles. The normalized spacial score (nSPS) is 11.3. The van der Waals surface area contributed by atoms with Crippen LogP contribution in [0, 0.1) is 6.92 Å². The van der Waals surface area contributed by atoms with Crippen molar-refractivity contribution < 1.29 is 4.79 Å². The first kappa shape index (κ1) is 17.5. The number of anilines is 1. The number of fused-ring (bicyclic) bond motifs is 1. The van der Waals surface area contributed by atoms with E-state index in [4.69, 9.17) is 11.6 Å². The lowest BCUT2D eigenvalue weighted by molar-refractivity contribution is -0.111. The van der Waals surface area contributed by atoms with Gasteiger partial charge in [0.1, 0.15) is 0 Å². The van der Waals surface area contributed by atoms with Gasteiger partial charge in [-0.25, -0.2) is 4.52 Å². The fourth-order valence-corrected chi connectivity index (χ4v) is 3.51. The van der Waals surface area contributed by atoms with Gasteiger partial charge in [0, 0.05) is 22.0 Å². The Hall–Kier alpha value is -2.96. The van der Waals surface area contributed by atoms with E-state index in [1.54, 1.807) is 10.6 Å². The first-order valence-electron chi connectivity index (χ1n) is 8.24. The molecule has 5 nitrogen and oxygen atoms in total. The van der Waals surface area contributed by atoms with E-state index in [2.05, 4.69) is 15.4 Å². The number of carbonyl (C=O) groups is 1. The van der Waals surface area contributed by atoms with E-state index >= 15 is 0 Å². The number of benzene rings is 2. The molecule has 1 N–H and O–H groups in total. The number of halogens is 1. The summed E-state index contributed by atoms with van der Waals surface area (Å²) in [6.07, 6.45) is 3.23. The zero-order chi connectivity index (χ0) is 18.8. The summed E-state index contributed by atoms with van der Waals surface area (Å²) >= 11 is 7.41. The van der Waals surface area contributed by atoms with Gasteiger partial charge in [0.25, 0.3) is 11.9 Å². The van der Waals surface area contributed by atoms with E-state index in [-0.39, 0.29) is 11.9 Å². The van der Waals surface area contributed by atoms with Crippen molar-refractivity contribution in [1.82, 2.24) is 14.6 Å². The molecule has 0 aliphatic carbocycles. The van der Waals surface area contributed by atoms with Gasteiger partial charge in [-0.05, 0) is 30.7 Å². The number of carbonyl (C=O) groups excluding carboxylic acids is 1. The van der Waals surface area contributed by atoms with Crippen molar-refractivity contribution in [3.63, 3.8) is 0 Å². The van der Waals surface area contributed by atoms with Crippen molar-refractivity contribution in [2.75, 3.05) is 5.32 Å². The highest BCUT2D eigenvalue weighted by molar-refractivity contribution is 7.15. The summed E-state index contributed by atoms with van der Waals surface area (Å²) in [6, 6.07) is 15.4. The van der Waals surface area contributed by atoms with Crippen molar-refractivity contribution in [2.45, 2.75) is 6.92 Å². The minimum atomic E-state index is -0.276. The average molecular weight is 395 g/mol. The highest BCUT2D eigenvalue weighted by Crippen LogP contribution is 2.26. The number of amides is 1. The van der Waals surface area contributed by atoms with Crippen LogP contribution >= 0.6 is 22.9 Å². The lowest BCUT2D eigenvalue weighted by Crippen LogP contribution is -2.09. The predicted octanol–water partition coefficient (Wildman–Crippen LogP) is 5.07. The molecule has 2 heterocycles. The lowest BCUT2D eigenvalue weighted by atomic mass is 10.1. The molecule has 0 bridgehead atoms. The van der Waals surface area contributed by atoms with E-state index in [0.717, 1.165) is 16.8 Å². The van der Waals surface area contributed by atoms with Crippen LogP contribution in [0.3, 0.4) is 0 Å². The molecule has 0 saturated carbocycles. The van der Waals surface area contributed by atoms with Crippen molar-refractivity contribution in [3.8, 4) is 11.3 Å². The summed E-state index contributed by atoms with van der Waals surface area (Å²) in [4.78, 5) is 17.2. The van der Waals surface area contributed by atoms with E-state index in [1.165, 1.54) is 23.0 Å². The van der Waals surface area contributed by atoms with Crippen LogP contribution in [-0.4, -0.2) is 20.5 Å². The SMILES string of the molecule is Cc1ccc(/C=C/C(=O)Nc2nc3scc(-c4ccc(Cl)cc4)n3n2)cc1. The Morgan fingerprint density at radius 2 is 1.89 bits per heavy atom. The predicted molar refractivity (Wildman–Crippen MR) is 110 cm³/mol. The number of nitrogens with zero attached hydrogens (tertiary/aromatic N) is 3. The first-order valence-corrected chi connectivity index (χ1v) is 9.50. The largest absolute Gasteiger partial charge is 0.290 e. The van der Waals surface area contributed by atoms with Gasteiger partial charge < -0.3 is 0 Å². The number of nitrogens with one attached hydrogen (secondary N) is 1. The number of aryl methyl sites for hydroxylation is 1. The van der Waals surface area contributed by atoms with E-state index in [0.29, 0.717) is 9.98 Å². The monoisotopic (exact) mass is 394 g/mol. The summed E-state index contributed by atoms with van der Waals surface area (Å²) in [5, 5.41) is 9.75. The van der Waals surface area contributed by atoms with E-state index in [9.17, 15) is 4.79 Å². The molecule has 0 aliphatic heterocycles. The summed E-state index contributed by atoms with van der Waals surface area (Å²) in [6.45, 7) is 2.02. The van der Waals surface area contributed by atoms with Crippen molar-refractivity contribution >= 4 is 45.8 Å². The highest BCUT2D eigenvalue weighted by Gasteiger charge is 2.12.